The Morgan fingerprint density at radius 3 is 2.32 bits per heavy atom. The average Bonchev–Trinajstić information content (AvgIpc) is 2.43. The second kappa shape index (κ2) is 7.64. The molecule has 0 heterocycles. The fourth-order valence-corrected chi connectivity index (χ4v) is 4.10. The van der Waals surface area contributed by atoms with Gasteiger partial charge in [-0.3, -0.25) is 0 Å². The molecule has 2 aliphatic carbocycles. The zero-order chi connectivity index (χ0) is 13.6. The normalized spacial score (nSPS) is 33.5. The Morgan fingerprint density at radius 2 is 1.74 bits per heavy atom. The van der Waals surface area contributed by atoms with Crippen molar-refractivity contribution >= 4 is 0 Å². The van der Waals surface area contributed by atoms with Crippen LogP contribution in [0.5, 0.6) is 0 Å². The van der Waals surface area contributed by atoms with Crippen LogP contribution in [0.15, 0.2) is 0 Å². The lowest BCUT2D eigenvalue weighted by molar-refractivity contribution is -0.126. The SMILES string of the molecule is CCCC1CCC(CNC)(OC2CCCCC2)CC1. The van der Waals surface area contributed by atoms with Crippen molar-refractivity contribution < 1.29 is 4.74 Å². The van der Waals surface area contributed by atoms with E-state index >= 15 is 0 Å². The number of hydrogen-bond acceptors (Lipinski definition) is 2. The lowest BCUT2D eigenvalue weighted by atomic mass is 9.76. The number of rotatable bonds is 6. The fraction of sp³-hybridized carbons (Fsp3) is 1.00. The van der Waals surface area contributed by atoms with Crippen LogP contribution >= 0.6 is 0 Å². The summed E-state index contributed by atoms with van der Waals surface area (Å²) in [5, 5.41) is 3.39. The molecule has 0 aromatic heterocycles. The number of hydrogen-bond donors (Lipinski definition) is 1. The third-order valence-electron chi connectivity index (χ3n) is 5.18. The molecule has 1 N–H and O–H groups in total. The van der Waals surface area contributed by atoms with Gasteiger partial charge in [-0.1, -0.05) is 39.0 Å². The Balaban J connectivity index is 1.87. The van der Waals surface area contributed by atoms with Crippen molar-refractivity contribution in [3.8, 4) is 0 Å². The largest absolute Gasteiger partial charge is 0.370 e. The molecule has 2 heteroatoms. The van der Waals surface area contributed by atoms with Crippen LogP contribution in [0.4, 0.5) is 0 Å². The predicted octanol–water partition coefficient (Wildman–Crippen LogP) is 4.28. The second-order valence-corrected chi connectivity index (χ2v) is 6.82. The van der Waals surface area contributed by atoms with Gasteiger partial charge in [-0.25, -0.2) is 0 Å². The van der Waals surface area contributed by atoms with Gasteiger partial charge in [0.25, 0.3) is 0 Å². The zero-order valence-electron chi connectivity index (χ0n) is 13.0. The maximum Gasteiger partial charge on any atom is 0.0810 e. The highest BCUT2D eigenvalue weighted by molar-refractivity contribution is 4.90. The molecule has 0 unspecified atom stereocenters. The van der Waals surface area contributed by atoms with Gasteiger partial charge < -0.3 is 10.1 Å². The number of nitrogens with one attached hydrogen (secondary N) is 1. The molecule has 19 heavy (non-hydrogen) atoms. The highest BCUT2D eigenvalue weighted by Crippen LogP contribution is 2.39. The van der Waals surface area contributed by atoms with Gasteiger partial charge in [0.05, 0.1) is 11.7 Å². The highest BCUT2D eigenvalue weighted by atomic mass is 16.5. The summed E-state index contributed by atoms with van der Waals surface area (Å²) >= 11 is 0. The van der Waals surface area contributed by atoms with Crippen molar-refractivity contribution in [2.45, 2.75) is 89.3 Å². The van der Waals surface area contributed by atoms with Crippen LogP contribution in [0.3, 0.4) is 0 Å². The Kier molecular flexibility index (Phi) is 6.15. The third kappa shape index (κ3) is 4.46. The Hall–Kier alpha value is -0.0800. The van der Waals surface area contributed by atoms with Crippen LogP contribution in [-0.2, 0) is 4.74 Å². The minimum atomic E-state index is 0.154. The standard InChI is InChI=1S/C17H33NO/c1-3-7-15-10-12-17(13-11-15,14-18-2)19-16-8-5-4-6-9-16/h15-16,18H,3-14H2,1-2H3. The Labute approximate surface area is 119 Å². The summed E-state index contributed by atoms with van der Waals surface area (Å²) < 4.78 is 6.62. The molecule has 0 spiro atoms. The van der Waals surface area contributed by atoms with Crippen molar-refractivity contribution in [2.24, 2.45) is 5.92 Å². The summed E-state index contributed by atoms with van der Waals surface area (Å²) in [6.07, 6.45) is 15.4. The average molecular weight is 267 g/mol. The molecule has 2 nitrogen and oxygen atoms in total. The van der Waals surface area contributed by atoms with Gasteiger partial charge in [0.15, 0.2) is 0 Å². The van der Waals surface area contributed by atoms with E-state index in [0.717, 1.165) is 12.5 Å². The van der Waals surface area contributed by atoms with E-state index in [1.807, 2.05) is 0 Å². The molecular formula is C17H33NO. The van der Waals surface area contributed by atoms with Crippen LogP contribution in [-0.4, -0.2) is 25.3 Å². The molecule has 0 bridgehead atoms. The number of likely N-dealkylation sites (N-methyl/N-ethyl adjacent to an activating group) is 1. The first-order valence-electron chi connectivity index (χ1n) is 8.60. The molecule has 2 saturated carbocycles. The van der Waals surface area contributed by atoms with Gasteiger partial charge >= 0.3 is 0 Å². The Morgan fingerprint density at radius 1 is 1.05 bits per heavy atom. The summed E-state index contributed by atoms with van der Waals surface area (Å²) in [5.41, 5.74) is 0.154. The first kappa shape index (κ1) is 15.3. The predicted molar refractivity (Wildman–Crippen MR) is 81.5 cm³/mol. The minimum Gasteiger partial charge on any atom is -0.370 e. The van der Waals surface area contributed by atoms with E-state index in [-0.39, 0.29) is 5.60 Å². The molecule has 2 fully saturated rings. The van der Waals surface area contributed by atoms with E-state index < -0.39 is 0 Å². The molecule has 0 aromatic carbocycles. The Bertz CT molecular complexity index is 240. The summed E-state index contributed by atoms with van der Waals surface area (Å²) in [6.45, 7) is 3.36. The molecule has 0 aromatic rings. The molecule has 0 amide bonds. The van der Waals surface area contributed by atoms with Crippen LogP contribution in [0, 0.1) is 5.92 Å². The van der Waals surface area contributed by atoms with Gasteiger partial charge in [0.1, 0.15) is 0 Å². The van der Waals surface area contributed by atoms with Gasteiger partial charge in [-0.2, -0.15) is 0 Å². The van der Waals surface area contributed by atoms with E-state index in [2.05, 4.69) is 19.3 Å². The summed E-state index contributed by atoms with van der Waals surface area (Å²) in [6, 6.07) is 0. The topological polar surface area (TPSA) is 21.3 Å². The minimum absolute atomic E-state index is 0.154. The van der Waals surface area contributed by atoms with E-state index in [4.69, 9.17) is 4.74 Å². The molecule has 0 aliphatic heterocycles. The zero-order valence-corrected chi connectivity index (χ0v) is 13.0. The molecule has 2 rings (SSSR count). The number of ether oxygens (including phenoxy) is 1. The lowest BCUT2D eigenvalue weighted by Gasteiger charge is -2.43. The van der Waals surface area contributed by atoms with E-state index in [1.54, 1.807) is 0 Å². The summed E-state index contributed by atoms with van der Waals surface area (Å²) in [5.74, 6) is 0.963. The van der Waals surface area contributed by atoms with Crippen molar-refractivity contribution in [2.75, 3.05) is 13.6 Å². The fourth-order valence-electron chi connectivity index (χ4n) is 4.10. The van der Waals surface area contributed by atoms with Crippen LogP contribution in [0.25, 0.3) is 0 Å². The maximum absolute atomic E-state index is 6.62. The molecule has 0 saturated heterocycles. The van der Waals surface area contributed by atoms with Gasteiger partial charge in [0, 0.05) is 6.54 Å². The first-order chi connectivity index (χ1) is 9.28. The van der Waals surface area contributed by atoms with Crippen molar-refractivity contribution in [3.63, 3.8) is 0 Å². The van der Waals surface area contributed by atoms with E-state index in [9.17, 15) is 0 Å². The van der Waals surface area contributed by atoms with Gasteiger partial charge in [-0.05, 0) is 51.5 Å². The quantitative estimate of drug-likeness (QED) is 0.775. The second-order valence-electron chi connectivity index (χ2n) is 6.82. The molecule has 112 valence electrons. The molecule has 0 atom stereocenters. The highest BCUT2D eigenvalue weighted by Gasteiger charge is 2.37. The monoisotopic (exact) mass is 267 g/mol. The van der Waals surface area contributed by atoms with Crippen molar-refractivity contribution in [1.82, 2.24) is 5.32 Å². The molecule has 0 radical (unpaired) electrons. The van der Waals surface area contributed by atoms with Gasteiger partial charge in [-0.15, -0.1) is 0 Å². The summed E-state index contributed by atoms with van der Waals surface area (Å²) in [7, 11) is 2.07. The van der Waals surface area contributed by atoms with Gasteiger partial charge in [0.2, 0.25) is 0 Å². The van der Waals surface area contributed by atoms with Crippen molar-refractivity contribution in [3.05, 3.63) is 0 Å². The summed E-state index contributed by atoms with van der Waals surface area (Å²) in [4.78, 5) is 0. The third-order valence-corrected chi connectivity index (χ3v) is 5.18. The molecular weight excluding hydrogens is 234 g/mol. The van der Waals surface area contributed by atoms with E-state index in [0.29, 0.717) is 6.10 Å². The van der Waals surface area contributed by atoms with Crippen molar-refractivity contribution in [1.29, 1.82) is 0 Å². The smallest absolute Gasteiger partial charge is 0.0810 e. The van der Waals surface area contributed by atoms with Crippen LogP contribution < -0.4 is 5.32 Å². The first-order valence-corrected chi connectivity index (χ1v) is 8.60. The lowest BCUT2D eigenvalue weighted by Crippen LogP contribution is -2.47. The maximum atomic E-state index is 6.62. The van der Waals surface area contributed by atoms with E-state index in [1.165, 1.54) is 70.6 Å². The molecule has 2 aliphatic rings. The van der Waals surface area contributed by atoms with Crippen LogP contribution in [0.2, 0.25) is 0 Å². The van der Waals surface area contributed by atoms with Crippen LogP contribution in [0.1, 0.15) is 77.6 Å².